The third-order valence-electron chi connectivity index (χ3n) is 9.95. The SMILES string of the molecule is C1=C(c2ccccc2)CCC(c2ccc(N(c3ccccc3)c3ccc4c5ccccc5n(-c5ccc(-c6ccccc6)cc5)c4c3)cc2)=C1. The summed E-state index contributed by atoms with van der Waals surface area (Å²) in [6.45, 7) is 0. The number of para-hydroxylation sites is 2. The van der Waals surface area contributed by atoms with Crippen LogP contribution in [0.4, 0.5) is 17.1 Å². The molecule has 2 nitrogen and oxygen atoms in total. The smallest absolute Gasteiger partial charge is 0.0561 e. The summed E-state index contributed by atoms with van der Waals surface area (Å²) in [5.74, 6) is 0. The zero-order chi connectivity index (χ0) is 33.3. The van der Waals surface area contributed by atoms with Crippen LogP contribution in [-0.2, 0) is 0 Å². The minimum atomic E-state index is 1.04. The van der Waals surface area contributed by atoms with Crippen LogP contribution in [0.15, 0.2) is 194 Å². The summed E-state index contributed by atoms with van der Waals surface area (Å²) in [7, 11) is 0. The van der Waals surface area contributed by atoms with E-state index in [-0.39, 0.29) is 0 Å². The second kappa shape index (κ2) is 12.9. The van der Waals surface area contributed by atoms with Gasteiger partial charge in [0.1, 0.15) is 0 Å². The first-order valence-corrected chi connectivity index (χ1v) is 17.4. The van der Waals surface area contributed by atoms with E-state index in [2.05, 4.69) is 204 Å². The summed E-state index contributed by atoms with van der Waals surface area (Å²) < 4.78 is 2.40. The highest BCUT2D eigenvalue weighted by atomic mass is 15.1. The number of fused-ring (bicyclic) bond motifs is 3. The first kappa shape index (κ1) is 29.7. The summed E-state index contributed by atoms with van der Waals surface area (Å²) in [6, 6.07) is 65.7. The second-order valence-corrected chi connectivity index (χ2v) is 12.9. The van der Waals surface area contributed by atoms with Gasteiger partial charge < -0.3 is 9.47 Å². The molecule has 7 aromatic carbocycles. The number of hydrogen-bond acceptors (Lipinski definition) is 1. The van der Waals surface area contributed by atoms with E-state index in [0.717, 1.165) is 35.6 Å². The maximum atomic E-state index is 2.40. The summed E-state index contributed by atoms with van der Waals surface area (Å²) in [6.07, 6.45) is 6.68. The van der Waals surface area contributed by atoms with E-state index < -0.39 is 0 Å². The van der Waals surface area contributed by atoms with Gasteiger partial charge in [-0.05, 0) is 101 Å². The van der Waals surface area contributed by atoms with Gasteiger partial charge in [0.25, 0.3) is 0 Å². The van der Waals surface area contributed by atoms with Gasteiger partial charge in [-0.1, -0.05) is 140 Å². The molecule has 9 rings (SSSR count). The van der Waals surface area contributed by atoms with Crippen LogP contribution in [-0.4, -0.2) is 4.57 Å². The zero-order valence-corrected chi connectivity index (χ0v) is 27.8. The van der Waals surface area contributed by atoms with E-state index >= 15 is 0 Å². The van der Waals surface area contributed by atoms with Crippen LogP contribution in [0.3, 0.4) is 0 Å². The Kier molecular flexibility index (Phi) is 7.68. The minimum absolute atomic E-state index is 1.04. The van der Waals surface area contributed by atoms with Crippen molar-refractivity contribution in [2.24, 2.45) is 0 Å². The predicted octanol–water partition coefficient (Wildman–Crippen LogP) is 13.2. The fraction of sp³-hybridized carbons (Fsp3) is 0.0417. The Balaban J connectivity index is 1.12. The molecular weight excluding hydrogens is 605 g/mol. The molecule has 0 atom stereocenters. The summed E-state index contributed by atoms with van der Waals surface area (Å²) in [5.41, 5.74) is 14.7. The number of benzene rings is 7. The number of rotatable bonds is 7. The molecule has 0 N–H and O–H groups in total. The van der Waals surface area contributed by atoms with E-state index in [4.69, 9.17) is 0 Å². The number of anilines is 3. The minimum Gasteiger partial charge on any atom is -0.310 e. The summed E-state index contributed by atoms with van der Waals surface area (Å²) in [4.78, 5) is 2.37. The van der Waals surface area contributed by atoms with Gasteiger partial charge >= 0.3 is 0 Å². The maximum Gasteiger partial charge on any atom is 0.0561 e. The molecule has 8 aromatic rings. The largest absolute Gasteiger partial charge is 0.310 e. The van der Waals surface area contributed by atoms with Crippen LogP contribution < -0.4 is 4.90 Å². The van der Waals surface area contributed by atoms with Crippen LogP contribution in [0.2, 0.25) is 0 Å². The van der Waals surface area contributed by atoms with Gasteiger partial charge in [-0.2, -0.15) is 0 Å². The fourth-order valence-electron chi connectivity index (χ4n) is 7.43. The van der Waals surface area contributed by atoms with E-state index in [9.17, 15) is 0 Å². The molecule has 238 valence electrons. The Bertz CT molecular complexity index is 2490. The van der Waals surface area contributed by atoms with Crippen LogP contribution >= 0.6 is 0 Å². The zero-order valence-electron chi connectivity index (χ0n) is 27.8. The quantitative estimate of drug-likeness (QED) is 0.168. The first-order valence-electron chi connectivity index (χ1n) is 17.4. The van der Waals surface area contributed by atoms with E-state index in [1.807, 2.05) is 0 Å². The van der Waals surface area contributed by atoms with Crippen molar-refractivity contribution in [1.29, 1.82) is 0 Å². The van der Waals surface area contributed by atoms with Crippen molar-refractivity contribution >= 4 is 50.0 Å². The average Bonchev–Trinajstić information content (AvgIpc) is 3.53. The van der Waals surface area contributed by atoms with Gasteiger partial charge in [-0.25, -0.2) is 0 Å². The van der Waals surface area contributed by atoms with Gasteiger partial charge in [-0.15, -0.1) is 0 Å². The molecule has 0 spiro atoms. The standard InChI is InChI=1S/C48H36N2/c1-4-12-35(13-5-1)37-20-22-38(23-21-37)40-24-28-42(29-25-40)49(41-16-8-3-9-17-41)44-32-33-46-45-18-10-11-19-47(45)50(48(46)34-44)43-30-26-39(27-31-43)36-14-6-2-7-15-36/h1-20,22,24-34H,21,23H2. The van der Waals surface area contributed by atoms with Gasteiger partial charge in [0.2, 0.25) is 0 Å². The topological polar surface area (TPSA) is 8.17 Å². The molecule has 0 radical (unpaired) electrons. The van der Waals surface area contributed by atoms with Crippen molar-refractivity contribution < 1.29 is 0 Å². The van der Waals surface area contributed by atoms with Crippen LogP contribution in [0, 0.1) is 0 Å². The van der Waals surface area contributed by atoms with Gasteiger partial charge in [0.05, 0.1) is 11.0 Å². The van der Waals surface area contributed by atoms with E-state index in [1.54, 1.807) is 0 Å². The number of nitrogens with zero attached hydrogens (tertiary/aromatic N) is 2. The number of aromatic nitrogens is 1. The monoisotopic (exact) mass is 640 g/mol. The molecule has 0 amide bonds. The Morgan fingerprint density at radius 1 is 0.360 bits per heavy atom. The lowest BCUT2D eigenvalue weighted by molar-refractivity contribution is 1.07. The number of hydrogen-bond donors (Lipinski definition) is 0. The van der Waals surface area contributed by atoms with Gasteiger partial charge in [-0.3, -0.25) is 0 Å². The molecule has 0 fully saturated rings. The van der Waals surface area contributed by atoms with Crippen molar-refractivity contribution in [3.63, 3.8) is 0 Å². The molecule has 0 unspecified atom stereocenters. The first-order chi connectivity index (χ1) is 24.8. The van der Waals surface area contributed by atoms with Crippen molar-refractivity contribution in [2.75, 3.05) is 4.90 Å². The van der Waals surface area contributed by atoms with Crippen LogP contribution in [0.1, 0.15) is 24.0 Å². The van der Waals surface area contributed by atoms with Crippen molar-refractivity contribution in [2.45, 2.75) is 12.8 Å². The lowest BCUT2D eigenvalue weighted by Gasteiger charge is -2.26. The molecule has 1 aliphatic carbocycles. The lowest BCUT2D eigenvalue weighted by Crippen LogP contribution is -2.10. The van der Waals surface area contributed by atoms with Crippen LogP contribution in [0.5, 0.6) is 0 Å². The molecule has 1 aliphatic rings. The van der Waals surface area contributed by atoms with Gasteiger partial charge in [0, 0.05) is 33.5 Å². The highest BCUT2D eigenvalue weighted by Crippen LogP contribution is 2.40. The van der Waals surface area contributed by atoms with Crippen molar-refractivity contribution in [1.82, 2.24) is 4.57 Å². The van der Waals surface area contributed by atoms with Crippen molar-refractivity contribution in [3.05, 3.63) is 205 Å². The second-order valence-electron chi connectivity index (χ2n) is 12.9. The molecular formula is C48H36N2. The molecule has 0 bridgehead atoms. The third kappa shape index (κ3) is 5.51. The molecule has 2 heteroatoms. The highest BCUT2D eigenvalue weighted by Gasteiger charge is 2.18. The van der Waals surface area contributed by atoms with Crippen LogP contribution in [0.25, 0.3) is 49.8 Å². The Morgan fingerprint density at radius 2 is 0.840 bits per heavy atom. The summed E-state index contributed by atoms with van der Waals surface area (Å²) in [5, 5.41) is 2.49. The normalized spacial score (nSPS) is 12.9. The Labute approximate surface area is 293 Å². The predicted molar refractivity (Wildman–Crippen MR) is 213 cm³/mol. The molecule has 50 heavy (non-hydrogen) atoms. The number of allylic oxidation sites excluding steroid dienone is 4. The third-order valence-corrected chi connectivity index (χ3v) is 9.95. The van der Waals surface area contributed by atoms with Gasteiger partial charge in [0.15, 0.2) is 0 Å². The average molecular weight is 641 g/mol. The summed E-state index contributed by atoms with van der Waals surface area (Å²) >= 11 is 0. The Hall–Kier alpha value is -6.38. The molecule has 0 saturated heterocycles. The van der Waals surface area contributed by atoms with Crippen molar-refractivity contribution in [3.8, 4) is 16.8 Å². The van der Waals surface area contributed by atoms with E-state index in [0.29, 0.717) is 0 Å². The molecule has 0 aliphatic heterocycles. The lowest BCUT2D eigenvalue weighted by atomic mass is 9.90. The van der Waals surface area contributed by atoms with E-state index in [1.165, 1.54) is 55.2 Å². The Morgan fingerprint density at radius 3 is 1.50 bits per heavy atom. The molecule has 1 aromatic heterocycles. The molecule has 0 saturated carbocycles. The highest BCUT2D eigenvalue weighted by molar-refractivity contribution is 6.10. The maximum absolute atomic E-state index is 2.40. The molecule has 1 heterocycles. The fourth-order valence-corrected chi connectivity index (χ4v) is 7.43.